The van der Waals surface area contributed by atoms with Gasteiger partial charge in [-0.1, -0.05) is 36.4 Å². The monoisotopic (exact) mass is 372 g/mol. The van der Waals surface area contributed by atoms with Crippen LogP contribution >= 0.6 is 0 Å². The zero-order valence-electron chi connectivity index (χ0n) is 16.3. The number of aryl methyl sites for hydroxylation is 2. The van der Waals surface area contributed by atoms with E-state index in [0.29, 0.717) is 13.1 Å². The van der Waals surface area contributed by atoms with Crippen molar-refractivity contribution in [3.63, 3.8) is 0 Å². The van der Waals surface area contributed by atoms with E-state index in [2.05, 4.69) is 22.0 Å². The van der Waals surface area contributed by atoms with E-state index in [1.165, 1.54) is 5.56 Å². The summed E-state index contributed by atoms with van der Waals surface area (Å²) in [5.74, 6) is 0.964. The van der Waals surface area contributed by atoms with Gasteiger partial charge < -0.3 is 9.80 Å². The molecule has 1 aliphatic rings. The Hall–Kier alpha value is -3.21. The number of rotatable bonds is 3. The van der Waals surface area contributed by atoms with Gasteiger partial charge in [0.25, 0.3) is 5.91 Å². The average molecular weight is 372 g/mol. The van der Waals surface area contributed by atoms with Crippen LogP contribution in [-0.4, -0.2) is 47.2 Å². The SMILES string of the molecule is Cc1ccc(C(=O)N2CCN(c3ccc(-c4ccccc4)nn3)CC2)cc1C. The highest BCUT2D eigenvalue weighted by atomic mass is 16.2. The molecule has 1 amide bonds. The summed E-state index contributed by atoms with van der Waals surface area (Å²) in [5, 5.41) is 8.77. The Bertz CT molecular complexity index is 962. The number of aromatic nitrogens is 2. The largest absolute Gasteiger partial charge is 0.352 e. The fourth-order valence-electron chi connectivity index (χ4n) is 3.45. The molecule has 0 N–H and O–H groups in total. The summed E-state index contributed by atoms with van der Waals surface area (Å²) in [4.78, 5) is 16.9. The van der Waals surface area contributed by atoms with E-state index in [-0.39, 0.29) is 5.91 Å². The van der Waals surface area contributed by atoms with Crippen LogP contribution in [0.2, 0.25) is 0 Å². The molecular formula is C23H24N4O. The predicted octanol–water partition coefficient (Wildman–Crippen LogP) is 3.72. The van der Waals surface area contributed by atoms with E-state index in [1.54, 1.807) is 0 Å². The van der Waals surface area contributed by atoms with Gasteiger partial charge in [0.15, 0.2) is 5.82 Å². The maximum absolute atomic E-state index is 12.8. The van der Waals surface area contributed by atoms with Gasteiger partial charge in [0.2, 0.25) is 0 Å². The second-order valence-corrected chi connectivity index (χ2v) is 7.22. The summed E-state index contributed by atoms with van der Waals surface area (Å²) in [7, 11) is 0. The number of anilines is 1. The van der Waals surface area contributed by atoms with Crippen LogP contribution in [0.4, 0.5) is 5.82 Å². The molecule has 1 aliphatic heterocycles. The third-order valence-electron chi connectivity index (χ3n) is 5.36. The van der Waals surface area contributed by atoms with Crippen molar-refractivity contribution >= 4 is 11.7 Å². The molecular weight excluding hydrogens is 348 g/mol. The number of benzene rings is 2. The van der Waals surface area contributed by atoms with Gasteiger partial charge in [-0.15, -0.1) is 10.2 Å². The van der Waals surface area contributed by atoms with E-state index in [1.807, 2.05) is 72.5 Å². The van der Waals surface area contributed by atoms with Crippen LogP contribution in [-0.2, 0) is 0 Å². The van der Waals surface area contributed by atoms with Crippen molar-refractivity contribution in [2.75, 3.05) is 31.1 Å². The molecule has 3 aromatic rings. The Morgan fingerprint density at radius 1 is 0.821 bits per heavy atom. The fraction of sp³-hybridized carbons (Fsp3) is 0.261. The molecule has 142 valence electrons. The van der Waals surface area contributed by atoms with Crippen LogP contribution in [0.15, 0.2) is 60.7 Å². The number of carbonyl (C=O) groups is 1. The van der Waals surface area contributed by atoms with Crippen LogP contribution in [0.25, 0.3) is 11.3 Å². The Labute approximate surface area is 165 Å². The highest BCUT2D eigenvalue weighted by molar-refractivity contribution is 5.94. The van der Waals surface area contributed by atoms with E-state index in [9.17, 15) is 4.79 Å². The number of hydrogen-bond acceptors (Lipinski definition) is 4. The summed E-state index contributed by atoms with van der Waals surface area (Å²) >= 11 is 0. The van der Waals surface area contributed by atoms with Crippen molar-refractivity contribution in [3.8, 4) is 11.3 Å². The van der Waals surface area contributed by atoms with Crippen LogP contribution in [0.5, 0.6) is 0 Å². The lowest BCUT2D eigenvalue weighted by atomic mass is 10.1. The minimum Gasteiger partial charge on any atom is -0.352 e. The number of carbonyl (C=O) groups excluding carboxylic acids is 1. The molecule has 5 nitrogen and oxygen atoms in total. The minimum atomic E-state index is 0.105. The van der Waals surface area contributed by atoms with Crippen LogP contribution in [0.3, 0.4) is 0 Å². The maximum atomic E-state index is 12.8. The Morgan fingerprint density at radius 3 is 2.21 bits per heavy atom. The molecule has 5 heteroatoms. The lowest BCUT2D eigenvalue weighted by Crippen LogP contribution is -2.49. The van der Waals surface area contributed by atoms with Crippen molar-refractivity contribution in [2.45, 2.75) is 13.8 Å². The number of hydrogen-bond donors (Lipinski definition) is 0. The first-order chi connectivity index (χ1) is 13.6. The molecule has 4 rings (SSSR count). The molecule has 0 atom stereocenters. The molecule has 0 spiro atoms. The summed E-state index contributed by atoms with van der Waals surface area (Å²) < 4.78 is 0. The van der Waals surface area contributed by atoms with Gasteiger partial charge in [0, 0.05) is 37.3 Å². The van der Waals surface area contributed by atoms with Crippen LogP contribution < -0.4 is 4.90 Å². The standard InChI is InChI=1S/C23H24N4O/c1-17-8-9-20(16-18(17)2)23(28)27-14-12-26(13-15-27)22-11-10-21(24-25-22)19-6-4-3-5-7-19/h3-11,16H,12-15H2,1-2H3. The van der Waals surface area contributed by atoms with E-state index >= 15 is 0 Å². The van der Waals surface area contributed by atoms with Crippen LogP contribution in [0.1, 0.15) is 21.5 Å². The zero-order chi connectivity index (χ0) is 19.5. The third-order valence-corrected chi connectivity index (χ3v) is 5.36. The summed E-state index contributed by atoms with van der Waals surface area (Å²) in [6.45, 7) is 7.00. The van der Waals surface area contributed by atoms with E-state index < -0.39 is 0 Å². The highest BCUT2D eigenvalue weighted by Crippen LogP contribution is 2.20. The lowest BCUT2D eigenvalue weighted by Gasteiger charge is -2.35. The van der Waals surface area contributed by atoms with Gasteiger partial charge in [-0.05, 0) is 49.2 Å². The van der Waals surface area contributed by atoms with E-state index in [4.69, 9.17) is 0 Å². The van der Waals surface area contributed by atoms with E-state index in [0.717, 1.165) is 41.3 Å². The molecule has 0 bridgehead atoms. The Balaban J connectivity index is 1.40. The molecule has 28 heavy (non-hydrogen) atoms. The topological polar surface area (TPSA) is 49.3 Å². The molecule has 0 aliphatic carbocycles. The smallest absolute Gasteiger partial charge is 0.253 e. The first kappa shape index (κ1) is 18.2. The first-order valence-corrected chi connectivity index (χ1v) is 9.62. The maximum Gasteiger partial charge on any atom is 0.253 e. The fourth-order valence-corrected chi connectivity index (χ4v) is 3.45. The quantitative estimate of drug-likeness (QED) is 0.703. The van der Waals surface area contributed by atoms with Gasteiger partial charge in [-0.3, -0.25) is 4.79 Å². The molecule has 2 heterocycles. The van der Waals surface area contributed by atoms with Crippen LogP contribution in [0, 0.1) is 13.8 Å². The van der Waals surface area contributed by atoms with Crippen molar-refractivity contribution in [3.05, 3.63) is 77.4 Å². The normalized spacial score (nSPS) is 14.2. The van der Waals surface area contributed by atoms with Crippen molar-refractivity contribution in [1.29, 1.82) is 0 Å². The zero-order valence-corrected chi connectivity index (χ0v) is 16.3. The first-order valence-electron chi connectivity index (χ1n) is 9.62. The van der Waals surface area contributed by atoms with Gasteiger partial charge >= 0.3 is 0 Å². The number of piperazine rings is 1. The second-order valence-electron chi connectivity index (χ2n) is 7.22. The van der Waals surface area contributed by atoms with Gasteiger partial charge in [0.1, 0.15) is 0 Å². The summed E-state index contributed by atoms with van der Waals surface area (Å²) in [6.07, 6.45) is 0. The van der Waals surface area contributed by atoms with Crippen molar-refractivity contribution in [1.82, 2.24) is 15.1 Å². The number of amides is 1. The molecule has 1 fully saturated rings. The molecule has 0 saturated carbocycles. The number of nitrogens with zero attached hydrogens (tertiary/aromatic N) is 4. The Kier molecular flexibility index (Phi) is 5.06. The van der Waals surface area contributed by atoms with Gasteiger partial charge in [-0.2, -0.15) is 0 Å². The molecule has 2 aromatic carbocycles. The van der Waals surface area contributed by atoms with Crippen molar-refractivity contribution < 1.29 is 4.79 Å². The molecule has 0 unspecified atom stereocenters. The highest BCUT2D eigenvalue weighted by Gasteiger charge is 2.23. The second kappa shape index (κ2) is 7.80. The lowest BCUT2D eigenvalue weighted by molar-refractivity contribution is 0.0746. The molecule has 1 aromatic heterocycles. The molecule has 0 radical (unpaired) electrons. The third kappa shape index (κ3) is 3.74. The average Bonchev–Trinajstić information content (AvgIpc) is 2.76. The van der Waals surface area contributed by atoms with Gasteiger partial charge in [0.05, 0.1) is 5.69 Å². The summed E-state index contributed by atoms with van der Waals surface area (Å²) in [5.41, 5.74) is 5.05. The minimum absolute atomic E-state index is 0.105. The molecule has 1 saturated heterocycles. The Morgan fingerprint density at radius 2 is 1.57 bits per heavy atom. The van der Waals surface area contributed by atoms with Crippen molar-refractivity contribution in [2.24, 2.45) is 0 Å². The predicted molar refractivity (Wildman–Crippen MR) is 112 cm³/mol. The summed E-state index contributed by atoms with van der Waals surface area (Å²) in [6, 6.07) is 20.0. The van der Waals surface area contributed by atoms with Gasteiger partial charge in [-0.25, -0.2) is 0 Å².